The number of pyridine rings is 1. The van der Waals surface area contributed by atoms with Crippen LogP contribution in [0.2, 0.25) is 5.02 Å². The maximum absolute atomic E-state index is 13.8. The maximum Gasteiger partial charge on any atom is 0.412 e. The average molecular weight is 635 g/mol. The highest BCUT2D eigenvalue weighted by Gasteiger charge is 2.24. The third-order valence-corrected chi connectivity index (χ3v) is 6.40. The van der Waals surface area contributed by atoms with E-state index in [4.69, 9.17) is 21.1 Å². The lowest BCUT2D eigenvalue weighted by atomic mass is 10.2. The first kappa shape index (κ1) is 33.8. The molecule has 0 bridgehead atoms. The number of carbonyl (C=O) groups excluding carboxylic acids is 4. The zero-order valence-corrected chi connectivity index (χ0v) is 25.3. The van der Waals surface area contributed by atoms with Gasteiger partial charge in [0.15, 0.2) is 0 Å². The number of nitrogens with one attached hydrogen (secondary N) is 4. The molecular weight excluding hydrogens is 602 g/mol. The highest BCUT2D eigenvalue weighted by molar-refractivity contribution is 6.31. The van der Waals surface area contributed by atoms with Gasteiger partial charge in [-0.25, -0.2) is 28.1 Å². The Morgan fingerprint density at radius 3 is 2.48 bits per heavy atom. The summed E-state index contributed by atoms with van der Waals surface area (Å²) in [5.74, 6) is -1.59. The Morgan fingerprint density at radius 2 is 1.75 bits per heavy atom. The minimum absolute atomic E-state index is 0.101. The van der Waals surface area contributed by atoms with E-state index in [1.54, 1.807) is 32.9 Å². The van der Waals surface area contributed by atoms with Gasteiger partial charge in [-0.2, -0.15) is 0 Å². The number of carbonyl (C=O) groups is 4. The van der Waals surface area contributed by atoms with E-state index in [9.17, 15) is 28.0 Å². The Bertz CT molecular complexity index is 1520. The van der Waals surface area contributed by atoms with Gasteiger partial charge in [0.1, 0.15) is 29.7 Å². The van der Waals surface area contributed by atoms with E-state index in [1.807, 2.05) is 0 Å². The molecule has 3 rings (SSSR count). The molecular formula is C29H33ClF2N6O6. The molecule has 1 unspecified atom stereocenters. The van der Waals surface area contributed by atoms with Crippen molar-refractivity contribution in [3.8, 4) is 0 Å². The van der Waals surface area contributed by atoms with Crippen molar-refractivity contribution < 1.29 is 37.4 Å². The molecule has 0 aliphatic carbocycles. The number of aromatic nitrogens is 1. The fourth-order valence-electron chi connectivity index (χ4n) is 3.71. The van der Waals surface area contributed by atoms with E-state index in [0.717, 1.165) is 0 Å². The lowest BCUT2D eigenvalue weighted by Gasteiger charge is -2.28. The van der Waals surface area contributed by atoms with Gasteiger partial charge in [0.05, 0.1) is 17.6 Å². The number of anilines is 1. The molecule has 2 aromatic carbocycles. The number of halogens is 3. The number of ether oxygens (including phenoxy) is 2. The average Bonchev–Trinajstić information content (AvgIpc) is 2.95. The van der Waals surface area contributed by atoms with Crippen molar-refractivity contribution in [3.63, 3.8) is 0 Å². The fourth-order valence-corrected chi connectivity index (χ4v) is 3.90. The van der Waals surface area contributed by atoms with E-state index in [0.29, 0.717) is 16.3 Å². The van der Waals surface area contributed by atoms with E-state index >= 15 is 0 Å². The van der Waals surface area contributed by atoms with Gasteiger partial charge < -0.3 is 30.3 Å². The lowest BCUT2D eigenvalue weighted by molar-refractivity contribution is -0.120. The molecule has 0 spiro atoms. The van der Waals surface area contributed by atoms with Crippen LogP contribution < -0.4 is 21.3 Å². The van der Waals surface area contributed by atoms with E-state index in [2.05, 4.69) is 26.3 Å². The van der Waals surface area contributed by atoms with Crippen LogP contribution in [0.4, 0.5) is 29.0 Å². The summed E-state index contributed by atoms with van der Waals surface area (Å²) in [6, 6.07) is 8.23. The number of alkyl carbamates (subject to hydrolysis) is 1. The number of nitrogens with zero attached hydrogens (tertiary/aromatic N) is 2. The third kappa shape index (κ3) is 10.5. The van der Waals surface area contributed by atoms with Gasteiger partial charge in [-0.1, -0.05) is 23.7 Å². The molecule has 1 heterocycles. The molecule has 0 aliphatic heterocycles. The van der Waals surface area contributed by atoms with Gasteiger partial charge in [0, 0.05) is 31.7 Å². The molecule has 1 aromatic heterocycles. The number of likely N-dealkylation sites (N-methyl/N-ethyl adjacent to an activating group) is 1. The molecule has 1 atom stereocenters. The first-order valence-electron chi connectivity index (χ1n) is 13.4. The molecule has 0 aliphatic rings. The lowest BCUT2D eigenvalue weighted by Crippen LogP contribution is -2.52. The number of rotatable bonds is 10. The van der Waals surface area contributed by atoms with Crippen LogP contribution in [0.25, 0.3) is 10.8 Å². The fraction of sp³-hybridized carbons (Fsp3) is 0.345. The maximum atomic E-state index is 13.8. The van der Waals surface area contributed by atoms with Crippen LogP contribution in [0.5, 0.6) is 0 Å². The highest BCUT2D eigenvalue weighted by Crippen LogP contribution is 2.20. The zero-order valence-electron chi connectivity index (χ0n) is 24.5. The largest absolute Gasteiger partial charge is 0.447 e. The molecule has 12 nitrogen and oxygen atoms in total. The number of hydrogen-bond acceptors (Lipinski definition) is 7. The Morgan fingerprint density at radius 1 is 1.00 bits per heavy atom. The Labute approximate surface area is 257 Å². The van der Waals surface area contributed by atoms with Crippen LogP contribution in [0.1, 0.15) is 26.3 Å². The molecule has 44 heavy (non-hydrogen) atoms. The van der Waals surface area contributed by atoms with Crippen LogP contribution in [0.15, 0.2) is 48.7 Å². The standard InChI is InChI=1S/C29H33ClF2N6O6/c1-29(2,3)44-27(41)36-15-24(39)34-14-21(38(4)26(40)35-13-18-6-5-7-22(32)25(18)30)16-43-28(42)37-23-11-19-10-20(31)9-8-17(19)12-33-23/h5-12,21H,13-16H2,1-4H3,(H,34,39)(H,35,40)(H,36,41)(H,33,37,42). The van der Waals surface area contributed by atoms with Crippen molar-refractivity contribution in [2.45, 2.75) is 39.0 Å². The Hall–Kier alpha value is -4.72. The number of fused-ring (bicyclic) bond motifs is 1. The molecule has 4 N–H and O–H groups in total. The van der Waals surface area contributed by atoms with Gasteiger partial charge in [-0.3, -0.25) is 10.1 Å². The Balaban J connectivity index is 1.62. The van der Waals surface area contributed by atoms with Crippen molar-refractivity contribution >= 4 is 52.3 Å². The SMILES string of the molecule is CN(C(=O)NCc1cccc(F)c1Cl)C(CNC(=O)CNC(=O)OC(C)(C)C)COC(=O)Nc1cc2cc(F)ccc2cn1. The molecule has 0 saturated heterocycles. The summed E-state index contributed by atoms with van der Waals surface area (Å²) in [5, 5.41) is 11.0. The summed E-state index contributed by atoms with van der Waals surface area (Å²) in [5.41, 5.74) is -0.418. The molecule has 0 radical (unpaired) electrons. The van der Waals surface area contributed by atoms with Crippen molar-refractivity contribution in [1.29, 1.82) is 0 Å². The molecule has 15 heteroatoms. The summed E-state index contributed by atoms with van der Waals surface area (Å²) >= 11 is 5.97. The van der Waals surface area contributed by atoms with Gasteiger partial charge >= 0.3 is 18.2 Å². The van der Waals surface area contributed by atoms with Crippen molar-refractivity contribution in [1.82, 2.24) is 25.8 Å². The molecule has 236 valence electrons. The van der Waals surface area contributed by atoms with Crippen molar-refractivity contribution in [3.05, 3.63) is 70.9 Å². The van der Waals surface area contributed by atoms with E-state index < -0.39 is 53.9 Å². The van der Waals surface area contributed by atoms with Crippen LogP contribution >= 0.6 is 11.6 Å². The summed E-state index contributed by atoms with van der Waals surface area (Å²) in [6.45, 7) is 3.95. The van der Waals surface area contributed by atoms with Crippen molar-refractivity contribution in [2.75, 3.05) is 32.1 Å². The second-order valence-corrected chi connectivity index (χ2v) is 11.0. The molecule has 0 fully saturated rings. The molecule has 3 aromatic rings. The molecule has 5 amide bonds. The number of amides is 5. The van der Waals surface area contributed by atoms with Crippen LogP contribution in [-0.2, 0) is 20.8 Å². The highest BCUT2D eigenvalue weighted by atomic mass is 35.5. The second-order valence-electron chi connectivity index (χ2n) is 10.6. The Kier molecular flexibility index (Phi) is 11.6. The quantitative estimate of drug-likeness (QED) is 0.255. The third-order valence-electron chi connectivity index (χ3n) is 5.98. The summed E-state index contributed by atoms with van der Waals surface area (Å²) < 4.78 is 37.8. The summed E-state index contributed by atoms with van der Waals surface area (Å²) in [6.07, 6.45) is -0.255. The second kappa shape index (κ2) is 15.1. The van der Waals surface area contributed by atoms with Crippen LogP contribution in [-0.4, -0.2) is 72.4 Å². The number of benzene rings is 2. The number of urea groups is 1. The van der Waals surface area contributed by atoms with Crippen LogP contribution in [0.3, 0.4) is 0 Å². The monoisotopic (exact) mass is 634 g/mol. The van der Waals surface area contributed by atoms with Crippen LogP contribution in [0, 0.1) is 11.6 Å². The van der Waals surface area contributed by atoms with Gasteiger partial charge in [-0.15, -0.1) is 0 Å². The predicted molar refractivity (Wildman–Crippen MR) is 159 cm³/mol. The normalized spacial score (nSPS) is 11.7. The smallest absolute Gasteiger partial charge is 0.412 e. The topological polar surface area (TPSA) is 151 Å². The minimum Gasteiger partial charge on any atom is -0.447 e. The van der Waals surface area contributed by atoms with Gasteiger partial charge in [0.25, 0.3) is 0 Å². The summed E-state index contributed by atoms with van der Waals surface area (Å²) in [4.78, 5) is 55.0. The molecule has 0 saturated carbocycles. The minimum atomic E-state index is -0.920. The number of hydrogen-bond donors (Lipinski definition) is 4. The van der Waals surface area contributed by atoms with E-state index in [-0.39, 0.29) is 30.5 Å². The van der Waals surface area contributed by atoms with E-state index in [1.165, 1.54) is 48.5 Å². The summed E-state index contributed by atoms with van der Waals surface area (Å²) in [7, 11) is 1.40. The van der Waals surface area contributed by atoms with Gasteiger partial charge in [0.2, 0.25) is 5.91 Å². The zero-order chi connectivity index (χ0) is 32.4. The van der Waals surface area contributed by atoms with Gasteiger partial charge in [-0.05, 0) is 62.1 Å². The first-order chi connectivity index (χ1) is 20.7. The van der Waals surface area contributed by atoms with Crippen molar-refractivity contribution in [2.24, 2.45) is 0 Å². The first-order valence-corrected chi connectivity index (χ1v) is 13.8. The predicted octanol–water partition coefficient (Wildman–Crippen LogP) is 4.57.